The molecule has 0 aromatic carbocycles. The van der Waals surface area contributed by atoms with Crippen molar-refractivity contribution in [2.75, 3.05) is 13.7 Å². The average molecular weight is 189 g/mol. The van der Waals surface area contributed by atoms with Gasteiger partial charge in [0.1, 0.15) is 6.04 Å². The number of ether oxygens (including phenoxy) is 1. The average Bonchev–Trinajstić information content (AvgIpc) is 2.13. The molecule has 0 bridgehead atoms. The maximum atomic E-state index is 11.0. The molecule has 0 amide bonds. The molecule has 0 aliphatic rings. The van der Waals surface area contributed by atoms with E-state index in [0.717, 1.165) is 12.8 Å². The highest BCUT2D eigenvalue weighted by Crippen LogP contribution is 1.97. The third-order valence-electron chi connectivity index (χ3n) is 1.88. The number of hydrogen-bond acceptors (Lipinski definition) is 4. The molecule has 13 heavy (non-hydrogen) atoms. The molecule has 4 nitrogen and oxygen atoms in total. The van der Waals surface area contributed by atoms with Crippen LogP contribution in [0.4, 0.5) is 0 Å². The second-order valence-corrected chi connectivity index (χ2v) is 3.18. The summed E-state index contributed by atoms with van der Waals surface area (Å²) in [6.07, 6.45) is 1.61. The zero-order valence-electron chi connectivity index (χ0n) is 8.54. The highest BCUT2D eigenvalue weighted by molar-refractivity contribution is 5.75. The second-order valence-electron chi connectivity index (χ2n) is 3.18. The fraction of sp³-hybridized carbons (Fsp3) is 0.889. The van der Waals surface area contributed by atoms with Gasteiger partial charge in [-0.2, -0.15) is 0 Å². The van der Waals surface area contributed by atoms with Crippen molar-refractivity contribution in [2.24, 2.45) is 0 Å². The number of aliphatic hydroxyl groups excluding tert-OH is 1. The molecule has 4 heteroatoms. The molecule has 0 saturated heterocycles. The third kappa shape index (κ3) is 5.60. The Morgan fingerprint density at radius 3 is 2.62 bits per heavy atom. The summed E-state index contributed by atoms with van der Waals surface area (Å²) >= 11 is 0. The van der Waals surface area contributed by atoms with E-state index in [9.17, 15) is 4.79 Å². The number of carbonyl (C=O) groups excluding carboxylic acids is 1. The van der Waals surface area contributed by atoms with Crippen LogP contribution in [0.2, 0.25) is 0 Å². The van der Waals surface area contributed by atoms with E-state index < -0.39 is 0 Å². The molecule has 0 aliphatic carbocycles. The van der Waals surface area contributed by atoms with Crippen LogP contribution in [0.3, 0.4) is 0 Å². The largest absolute Gasteiger partial charge is 0.468 e. The third-order valence-corrected chi connectivity index (χ3v) is 1.88. The van der Waals surface area contributed by atoms with Gasteiger partial charge in [0.2, 0.25) is 0 Å². The Balaban J connectivity index is 3.64. The Kier molecular flexibility index (Phi) is 6.54. The summed E-state index contributed by atoms with van der Waals surface area (Å²) in [6, 6.07) is -0.0556. The summed E-state index contributed by atoms with van der Waals surface area (Å²) in [5.74, 6) is -0.254. The van der Waals surface area contributed by atoms with Crippen molar-refractivity contribution in [3.8, 4) is 0 Å². The summed E-state index contributed by atoms with van der Waals surface area (Å²) < 4.78 is 4.57. The lowest BCUT2D eigenvalue weighted by atomic mass is 10.1. The lowest BCUT2D eigenvalue weighted by Crippen LogP contribution is -2.40. The highest BCUT2D eigenvalue weighted by Gasteiger charge is 2.14. The number of methoxy groups -OCH3 is 1. The van der Waals surface area contributed by atoms with Crippen LogP contribution in [0.1, 0.15) is 26.7 Å². The lowest BCUT2D eigenvalue weighted by Gasteiger charge is -2.17. The Hall–Kier alpha value is -0.610. The quantitative estimate of drug-likeness (QED) is 0.590. The van der Waals surface area contributed by atoms with Crippen molar-refractivity contribution in [2.45, 2.75) is 38.8 Å². The van der Waals surface area contributed by atoms with E-state index in [1.54, 1.807) is 6.92 Å². The van der Waals surface area contributed by atoms with Gasteiger partial charge in [0.15, 0.2) is 0 Å². The summed E-state index contributed by atoms with van der Waals surface area (Å²) in [4.78, 5) is 11.0. The van der Waals surface area contributed by atoms with Crippen LogP contribution < -0.4 is 5.32 Å². The van der Waals surface area contributed by atoms with Crippen molar-refractivity contribution in [3.63, 3.8) is 0 Å². The van der Waals surface area contributed by atoms with Gasteiger partial charge in [-0.15, -0.1) is 0 Å². The van der Waals surface area contributed by atoms with Gasteiger partial charge in [-0.3, -0.25) is 4.79 Å². The summed E-state index contributed by atoms with van der Waals surface area (Å²) in [7, 11) is 1.37. The molecule has 0 aromatic rings. The molecule has 2 unspecified atom stereocenters. The van der Waals surface area contributed by atoms with Gasteiger partial charge in [0, 0.05) is 12.6 Å². The first-order chi connectivity index (χ1) is 6.11. The first-order valence-corrected chi connectivity index (χ1v) is 4.56. The summed E-state index contributed by atoms with van der Waals surface area (Å²) in [6.45, 7) is 3.94. The predicted octanol–water partition coefficient (Wildman–Crippen LogP) is 0.298. The Bertz CT molecular complexity index is 150. The standard InChI is InChI=1S/C9H19NO3/c1-7(5-4-6-11)10-8(2)9(12)13-3/h7-8,10-11H,4-6H2,1-3H3. The minimum Gasteiger partial charge on any atom is -0.468 e. The first-order valence-electron chi connectivity index (χ1n) is 4.56. The number of aliphatic hydroxyl groups is 1. The molecule has 0 fully saturated rings. The Morgan fingerprint density at radius 2 is 2.15 bits per heavy atom. The van der Waals surface area contributed by atoms with Crippen LogP contribution in [0, 0.1) is 0 Å². The van der Waals surface area contributed by atoms with E-state index in [-0.39, 0.29) is 24.7 Å². The molecular formula is C9H19NO3. The number of rotatable bonds is 6. The van der Waals surface area contributed by atoms with Crippen LogP contribution in [0.15, 0.2) is 0 Å². The molecule has 0 aliphatic heterocycles. The van der Waals surface area contributed by atoms with Crippen LogP contribution in [0.5, 0.6) is 0 Å². The molecule has 0 aromatic heterocycles. The van der Waals surface area contributed by atoms with Crippen molar-refractivity contribution >= 4 is 5.97 Å². The van der Waals surface area contributed by atoms with Crippen molar-refractivity contribution < 1.29 is 14.6 Å². The van der Waals surface area contributed by atoms with Crippen LogP contribution in [0.25, 0.3) is 0 Å². The van der Waals surface area contributed by atoms with Gasteiger partial charge >= 0.3 is 5.97 Å². The van der Waals surface area contributed by atoms with Gasteiger partial charge in [-0.05, 0) is 26.7 Å². The van der Waals surface area contributed by atoms with E-state index in [1.807, 2.05) is 6.92 Å². The van der Waals surface area contributed by atoms with Crippen molar-refractivity contribution in [1.82, 2.24) is 5.32 Å². The van der Waals surface area contributed by atoms with E-state index in [2.05, 4.69) is 10.1 Å². The molecule has 0 spiro atoms. The summed E-state index contributed by atoms with van der Waals surface area (Å²) in [5.41, 5.74) is 0. The first kappa shape index (κ1) is 12.4. The second kappa shape index (κ2) is 6.86. The van der Waals surface area contributed by atoms with E-state index >= 15 is 0 Å². The van der Waals surface area contributed by atoms with Crippen molar-refractivity contribution in [3.05, 3.63) is 0 Å². The van der Waals surface area contributed by atoms with Gasteiger partial charge in [-0.1, -0.05) is 0 Å². The van der Waals surface area contributed by atoms with Gasteiger partial charge in [0.05, 0.1) is 7.11 Å². The maximum absolute atomic E-state index is 11.0. The van der Waals surface area contributed by atoms with Gasteiger partial charge in [-0.25, -0.2) is 0 Å². The number of nitrogens with one attached hydrogen (secondary N) is 1. The fourth-order valence-electron chi connectivity index (χ4n) is 1.15. The molecule has 0 saturated carbocycles. The van der Waals surface area contributed by atoms with Crippen LogP contribution in [-0.4, -0.2) is 36.9 Å². The SMILES string of the molecule is COC(=O)C(C)NC(C)CCCO. The molecule has 0 heterocycles. The van der Waals surface area contributed by atoms with Crippen LogP contribution in [-0.2, 0) is 9.53 Å². The number of esters is 1. The Morgan fingerprint density at radius 1 is 1.54 bits per heavy atom. The molecule has 2 atom stereocenters. The van der Waals surface area contributed by atoms with Crippen molar-refractivity contribution in [1.29, 1.82) is 0 Å². The van der Waals surface area contributed by atoms with E-state index in [4.69, 9.17) is 5.11 Å². The lowest BCUT2D eigenvalue weighted by molar-refractivity contribution is -0.142. The Labute approximate surface area is 79.3 Å². The number of carbonyl (C=O) groups is 1. The minimum absolute atomic E-state index is 0.193. The predicted molar refractivity (Wildman–Crippen MR) is 50.4 cm³/mol. The van der Waals surface area contributed by atoms with Crippen LogP contribution >= 0.6 is 0 Å². The van der Waals surface area contributed by atoms with E-state index in [1.165, 1.54) is 7.11 Å². The normalized spacial score (nSPS) is 15.1. The molecule has 0 rings (SSSR count). The molecule has 78 valence electrons. The molecule has 0 radical (unpaired) electrons. The van der Waals surface area contributed by atoms with Gasteiger partial charge < -0.3 is 15.2 Å². The fourth-order valence-corrected chi connectivity index (χ4v) is 1.15. The monoisotopic (exact) mass is 189 g/mol. The topological polar surface area (TPSA) is 58.6 Å². The highest BCUT2D eigenvalue weighted by atomic mass is 16.5. The molecular weight excluding hydrogens is 170 g/mol. The van der Waals surface area contributed by atoms with Gasteiger partial charge in [0.25, 0.3) is 0 Å². The zero-order valence-corrected chi connectivity index (χ0v) is 8.54. The smallest absolute Gasteiger partial charge is 0.322 e. The maximum Gasteiger partial charge on any atom is 0.322 e. The number of hydrogen-bond donors (Lipinski definition) is 2. The molecule has 2 N–H and O–H groups in total. The minimum atomic E-state index is -0.279. The zero-order chi connectivity index (χ0) is 10.3. The summed E-state index contributed by atoms with van der Waals surface area (Å²) in [5, 5.41) is 11.7. The van der Waals surface area contributed by atoms with E-state index in [0.29, 0.717) is 0 Å².